The number of pyridine rings is 1. The van der Waals surface area contributed by atoms with Crippen molar-refractivity contribution in [3.63, 3.8) is 0 Å². The highest BCUT2D eigenvalue weighted by atomic mass is 35.5. The Labute approximate surface area is 179 Å². The zero-order chi connectivity index (χ0) is 22.2. The van der Waals surface area contributed by atoms with E-state index >= 15 is 0 Å². The minimum Gasteiger partial charge on any atom is -0.333 e. The molecule has 160 valence electrons. The summed E-state index contributed by atoms with van der Waals surface area (Å²) in [5.41, 5.74) is 3.94. The minimum atomic E-state index is -5.13. The zero-order valence-corrected chi connectivity index (χ0v) is 16.8. The van der Waals surface area contributed by atoms with Crippen LogP contribution in [-0.2, 0) is 21.7 Å². The van der Waals surface area contributed by atoms with E-state index in [1.54, 1.807) is 29.9 Å². The number of carbonyl (C=O) groups excluding carboxylic acids is 1. The van der Waals surface area contributed by atoms with E-state index < -0.39 is 17.7 Å². The number of alkyl halides is 3. The normalized spacial score (nSPS) is 18.2. The molecule has 1 aromatic carbocycles. The van der Waals surface area contributed by atoms with E-state index in [4.69, 9.17) is 11.6 Å². The van der Waals surface area contributed by atoms with E-state index in [0.717, 1.165) is 16.7 Å². The number of hydrogen-bond donors (Lipinski definition) is 1. The maximum absolute atomic E-state index is 12.5. The van der Waals surface area contributed by atoms with Crippen LogP contribution in [-0.4, -0.2) is 32.7 Å². The lowest BCUT2D eigenvalue weighted by Gasteiger charge is -2.32. The second-order valence-corrected chi connectivity index (χ2v) is 7.51. The Hall–Kier alpha value is -3.40. The number of hydrogen-bond acceptors (Lipinski definition) is 6. The number of aromatic nitrogens is 3. The lowest BCUT2D eigenvalue weighted by atomic mass is 9.89. The van der Waals surface area contributed by atoms with E-state index in [2.05, 4.69) is 19.9 Å². The standard InChI is InChI=1S/C20H15ClF3N5O2/c1-19(14-4-2-3-12(7-14)13-8-15(21)10-25-9-13)11-29-16(5-6-26-29)17(27-19)28-31-18(30)20(22,23)24/h2-10H,11H2,1H3,(H,27,28)/t19-/m0/s1. The molecule has 0 radical (unpaired) electrons. The average molecular weight is 450 g/mol. The van der Waals surface area contributed by atoms with Crippen molar-refractivity contribution in [1.29, 1.82) is 0 Å². The van der Waals surface area contributed by atoms with Gasteiger partial charge in [0.1, 0.15) is 11.2 Å². The number of halogens is 4. The van der Waals surface area contributed by atoms with Crippen molar-refractivity contribution in [2.24, 2.45) is 4.99 Å². The van der Waals surface area contributed by atoms with Crippen LogP contribution >= 0.6 is 11.6 Å². The highest BCUT2D eigenvalue weighted by Gasteiger charge is 2.42. The second-order valence-electron chi connectivity index (χ2n) is 7.07. The molecule has 0 amide bonds. The quantitative estimate of drug-likeness (QED) is 0.600. The van der Waals surface area contributed by atoms with Crippen LogP contribution in [0, 0.1) is 0 Å². The summed E-state index contributed by atoms with van der Waals surface area (Å²) in [5, 5.41) is 4.69. The van der Waals surface area contributed by atoms with Crippen LogP contribution in [0.2, 0.25) is 5.02 Å². The van der Waals surface area contributed by atoms with Gasteiger partial charge in [-0.1, -0.05) is 29.8 Å². The smallest absolute Gasteiger partial charge is 0.333 e. The summed E-state index contributed by atoms with van der Waals surface area (Å²) >= 11 is 6.04. The maximum Gasteiger partial charge on any atom is 0.493 e. The number of fused-ring (bicyclic) bond motifs is 1. The van der Waals surface area contributed by atoms with Crippen LogP contribution in [0.4, 0.5) is 13.2 Å². The number of aliphatic imine (C=N–C) groups is 1. The van der Waals surface area contributed by atoms with Gasteiger partial charge in [0.2, 0.25) is 0 Å². The van der Waals surface area contributed by atoms with Crippen LogP contribution in [0.15, 0.2) is 60.0 Å². The molecule has 31 heavy (non-hydrogen) atoms. The lowest BCUT2D eigenvalue weighted by Crippen LogP contribution is -2.42. The first-order valence-electron chi connectivity index (χ1n) is 9.03. The van der Waals surface area contributed by atoms with Crippen molar-refractivity contribution in [2.45, 2.75) is 25.2 Å². The Balaban J connectivity index is 1.69. The van der Waals surface area contributed by atoms with Crippen LogP contribution in [0.5, 0.6) is 0 Å². The molecule has 2 aromatic heterocycles. The van der Waals surface area contributed by atoms with Gasteiger partial charge in [-0.3, -0.25) is 14.7 Å². The highest BCUT2D eigenvalue weighted by Crippen LogP contribution is 2.34. The fraction of sp³-hybridized carbons (Fsp3) is 0.200. The van der Waals surface area contributed by atoms with Crippen molar-refractivity contribution >= 4 is 23.4 Å². The van der Waals surface area contributed by atoms with Gasteiger partial charge in [-0.25, -0.2) is 4.79 Å². The summed E-state index contributed by atoms with van der Waals surface area (Å²) in [6.07, 6.45) is -0.448. The lowest BCUT2D eigenvalue weighted by molar-refractivity contribution is -0.203. The Morgan fingerprint density at radius 2 is 2.03 bits per heavy atom. The number of benzene rings is 1. The van der Waals surface area contributed by atoms with Gasteiger partial charge in [-0.2, -0.15) is 23.8 Å². The predicted molar refractivity (Wildman–Crippen MR) is 106 cm³/mol. The molecule has 1 aliphatic rings. The summed E-state index contributed by atoms with van der Waals surface area (Å²) in [4.78, 5) is 24.0. The molecular weight excluding hydrogens is 435 g/mol. The molecule has 0 spiro atoms. The highest BCUT2D eigenvalue weighted by molar-refractivity contribution is 6.30. The Kier molecular flexibility index (Phi) is 5.18. The fourth-order valence-electron chi connectivity index (χ4n) is 3.28. The molecular formula is C20H15ClF3N5O2. The number of amidine groups is 1. The molecule has 1 aliphatic heterocycles. The Bertz CT molecular complexity index is 1180. The number of hydroxylamine groups is 1. The summed E-state index contributed by atoms with van der Waals surface area (Å²) in [6.45, 7) is 2.13. The first-order chi connectivity index (χ1) is 14.7. The zero-order valence-electron chi connectivity index (χ0n) is 16.0. The van der Waals surface area contributed by atoms with E-state index in [1.807, 2.05) is 29.7 Å². The third kappa shape index (κ3) is 4.24. The largest absolute Gasteiger partial charge is 0.493 e. The predicted octanol–water partition coefficient (Wildman–Crippen LogP) is 3.88. The number of carbonyl (C=O) groups is 1. The molecule has 3 heterocycles. The third-order valence-electron chi connectivity index (χ3n) is 4.77. The molecule has 11 heteroatoms. The molecule has 1 N–H and O–H groups in total. The molecule has 0 bridgehead atoms. The SMILES string of the molecule is C[C@@]1(c2cccc(-c3cncc(Cl)c3)c2)Cn2nccc2C(NOC(=O)C(F)(F)F)=N1. The molecule has 0 fully saturated rings. The minimum absolute atomic E-state index is 0.0429. The van der Waals surface area contributed by atoms with Crippen LogP contribution in [0.1, 0.15) is 18.2 Å². The third-order valence-corrected chi connectivity index (χ3v) is 4.98. The first kappa shape index (κ1) is 20.9. The van der Waals surface area contributed by atoms with Gasteiger partial charge in [0, 0.05) is 24.2 Å². The maximum atomic E-state index is 12.5. The fourth-order valence-corrected chi connectivity index (χ4v) is 3.45. The van der Waals surface area contributed by atoms with Crippen LogP contribution in [0.25, 0.3) is 11.1 Å². The van der Waals surface area contributed by atoms with E-state index in [0.29, 0.717) is 17.3 Å². The molecule has 0 unspecified atom stereocenters. The summed E-state index contributed by atoms with van der Waals surface area (Å²) in [7, 11) is 0. The Morgan fingerprint density at radius 3 is 2.77 bits per heavy atom. The van der Waals surface area contributed by atoms with Crippen molar-refractivity contribution < 1.29 is 22.8 Å². The van der Waals surface area contributed by atoms with Gasteiger partial charge >= 0.3 is 12.1 Å². The van der Waals surface area contributed by atoms with Gasteiger partial charge < -0.3 is 4.84 Å². The number of nitrogens with one attached hydrogen (secondary N) is 1. The van der Waals surface area contributed by atoms with E-state index in [9.17, 15) is 18.0 Å². The molecule has 0 saturated heterocycles. The topological polar surface area (TPSA) is 81.4 Å². The summed E-state index contributed by atoms with van der Waals surface area (Å²) in [6, 6.07) is 10.8. The van der Waals surface area contributed by atoms with Crippen LogP contribution < -0.4 is 5.48 Å². The summed E-state index contributed by atoms with van der Waals surface area (Å²) in [5.74, 6) is -2.41. The van der Waals surface area contributed by atoms with Crippen LogP contribution in [0.3, 0.4) is 0 Å². The van der Waals surface area contributed by atoms with Crippen molar-refractivity contribution in [3.8, 4) is 11.1 Å². The first-order valence-corrected chi connectivity index (χ1v) is 9.41. The van der Waals surface area contributed by atoms with Gasteiger partial charge in [-0.15, -0.1) is 0 Å². The van der Waals surface area contributed by atoms with Crippen molar-refractivity contribution in [3.05, 3.63) is 71.3 Å². The number of rotatable bonds is 2. The van der Waals surface area contributed by atoms with Crippen molar-refractivity contribution in [1.82, 2.24) is 20.2 Å². The van der Waals surface area contributed by atoms with E-state index in [1.165, 1.54) is 12.4 Å². The molecule has 3 aromatic rings. The second kappa shape index (κ2) is 7.69. The van der Waals surface area contributed by atoms with Gasteiger partial charge in [0.05, 0.1) is 11.6 Å². The van der Waals surface area contributed by atoms with E-state index in [-0.39, 0.29) is 5.84 Å². The van der Waals surface area contributed by atoms with Gasteiger partial charge in [0.15, 0.2) is 5.84 Å². The monoisotopic (exact) mass is 449 g/mol. The summed E-state index contributed by atoms with van der Waals surface area (Å²) < 4.78 is 39.1. The van der Waals surface area contributed by atoms with Crippen molar-refractivity contribution in [2.75, 3.05) is 0 Å². The molecule has 4 rings (SSSR count). The molecule has 0 aliphatic carbocycles. The number of nitrogens with zero attached hydrogens (tertiary/aromatic N) is 4. The molecule has 1 atom stereocenters. The van der Waals surface area contributed by atoms with Gasteiger partial charge in [0.25, 0.3) is 0 Å². The average Bonchev–Trinajstić information content (AvgIpc) is 3.19. The van der Waals surface area contributed by atoms with Gasteiger partial charge in [-0.05, 0) is 36.2 Å². The molecule has 7 nitrogen and oxygen atoms in total. The Morgan fingerprint density at radius 1 is 1.23 bits per heavy atom. The molecule has 0 saturated carbocycles.